The molecule has 0 amide bonds. The molecule has 0 aliphatic carbocycles. The highest BCUT2D eigenvalue weighted by atomic mass is 15.3. The molecule has 0 bridgehead atoms. The maximum absolute atomic E-state index is 5.58. The molecule has 0 aliphatic rings. The molecular formula is C18H23N5. The van der Waals surface area contributed by atoms with Gasteiger partial charge < -0.3 is 11.1 Å². The van der Waals surface area contributed by atoms with Crippen molar-refractivity contribution in [1.82, 2.24) is 14.6 Å². The molecule has 120 valence electrons. The first-order valence-electron chi connectivity index (χ1n) is 8.12. The molecule has 3 rings (SSSR count). The summed E-state index contributed by atoms with van der Waals surface area (Å²) < 4.78 is 1.89. The SMILES string of the molecule is CCc1cc(NCCCN)n2nc(-c3ccccc3C)cc2n1. The monoisotopic (exact) mass is 309 g/mol. The molecule has 3 N–H and O–H groups in total. The van der Waals surface area contributed by atoms with Crippen LogP contribution in [0.3, 0.4) is 0 Å². The van der Waals surface area contributed by atoms with E-state index in [-0.39, 0.29) is 0 Å². The molecule has 2 aromatic heterocycles. The number of nitrogens with zero attached hydrogens (tertiary/aromatic N) is 3. The van der Waals surface area contributed by atoms with E-state index in [9.17, 15) is 0 Å². The van der Waals surface area contributed by atoms with Gasteiger partial charge in [0.2, 0.25) is 0 Å². The Morgan fingerprint density at radius 1 is 1.22 bits per heavy atom. The molecule has 0 unspecified atom stereocenters. The van der Waals surface area contributed by atoms with E-state index < -0.39 is 0 Å². The maximum Gasteiger partial charge on any atom is 0.158 e. The van der Waals surface area contributed by atoms with E-state index in [0.29, 0.717) is 6.54 Å². The van der Waals surface area contributed by atoms with Gasteiger partial charge in [-0.1, -0.05) is 31.2 Å². The van der Waals surface area contributed by atoms with E-state index in [2.05, 4.69) is 43.4 Å². The Labute approximate surface area is 136 Å². The zero-order valence-corrected chi connectivity index (χ0v) is 13.7. The van der Waals surface area contributed by atoms with Gasteiger partial charge in [-0.2, -0.15) is 9.61 Å². The Bertz CT molecular complexity index is 806. The molecule has 0 aliphatic heterocycles. The highest BCUT2D eigenvalue weighted by Crippen LogP contribution is 2.24. The van der Waals surface area contributed by atoms with E-state index in [1.807, 2.05) is 16.6 Å². The Kier molecular flexibility index (Phi) is 4.57. The number of nitrogens with one attached hydrogen (secondary N) is 1. The van der Waals surface area contributed by atoms with Crippen molar-refractivity contribution in [3.63, 3.8) is 0 Å². The average molecular weight is 309 g/mol. The van der Waals surface area contributed by atoms with E-state index in [0.717, 1.165) is 47.8 Å². The van der Waals surface area contributed by atoms with Crippen molar-refractivity contribution in [3.8, 4) is 11.3 Å². The van der Waals surface area contributed by atoms with Crippen LogP contribution in [0.4, 0.5) is 5.82 Å². The number of aromatic nitrogens is 3. The van der Waals surface area contributed by atoms with E-state index in [4.69, 9.17) is 15.8 Å². The number of fused-ring (bicyclic) bond motifs is 1. The van der Waals surface area contributed by atoms with Gasteiger partial charge in [0.1, 0.15) is 5.82 Å². The number of rotatable bonds is 6. The summed E-state index contributed by atoms with van der Waals surface area (Å²) in [5, 5.41) is 8.18. The summed E-state index contributed by atoms with van der Waals surface area (Å²) in [6, 6.07) is 12.4. The van der Waals surface area contributed by atoms with Gasteiger partial charge in [0.15, 0.2) is 5.65 Å². The van der Waals surface area contributed by atoms with Crippen LogP contribution in [0.1, 0.15) is 24.6 Å². The first-order chi connectivity index (χ1) is 11.2. The van der Waals surface area contributed by atoms with Crippen molar-refractivity contribution in [3.05, 3.63) is 47.7 Å². The summed E-state index contributed by atoms with van der Waals surface area (Å²) in [6.07, 6.45) is 1.82. The minimum atomic E-state index is 0.676. The molecule has 0 radical (unpaired) electrons. The van der Waals surface area contributed by atoms with Crippen molar-refractivity contribution in [2.24, 2.45) is 5.73 Å². The standard InChI is InChI=1S/C18H23N5/c1-3-14-11-17(20-10-6-9-19)23-18(21-14)12-16(22-23)15-8-5-4-7-13(15)2/h4-5,7-8,11-12,20H,3,6,9-10,19H2,1-2H3. The fraction of sp³-hybridized carbons (Fsp3) is 0.333. The largest absolute Gasteiger partial charge is 0.370 e. The fourth-order valence-electron chi connectivity index (χ4n) is 2.64. The molecule has 2 heterocycles. The topological polar surface area (TPSA) is 68.2 Å². The first kappa shape index (κ1) is 15.5. The van der Waals surface area contributed by atoms with Crippen LogP contribution in [0, 0.1) is 6.92 Å². The first-order valence-corrected chi connectivity index (χ1v) is 8.12. The molecule has 5 nitrogen and oxygen atoms in total. The van der Waals surface area contributed by atoms with Crippen LogP contribution < -0.4 is 11.1 Å². The lowest BCUT2D eigenvalue weighted by Crippen LogP contribution is -2.12. The minimum absolute atomic E-state index is 0.676. The quantitative estimate of drug-likeness (QED) is 0.687. The third-order valence-electron chi connectivity index (χ3n) is 3.95. The smallest absolute Gasteiger partial charge is 0.158 e. The molecular weight excluding hydrogens is 286 g/mol. The van der Waals surface area contributed by atoms with Crippen molar-refractivity contribution < 1.29 is 0 Å². The molecule has 1 aromatic carbocycles. The molecule has 23 heavy (non-hydrogen) atoms. The zero-order valence-electron chi connectivity index (χ0n) is 13.7. The van der Waals surface area contributed by atoms with E-state index >= 15 is 0 Å². The zero-order chi connectivity index (χ0) is 16.2. The molecule has 5 heteroatoms. The highest BCUT2D eigenvalue weighted by molar-refractivity contribution is 5.68. The van der Waals surface area contributed by atoms with Crippen molar-refractivity contribution in [2.75, 3.05) is 18.4 Å². The number of benzene rings is 1. The van der Waals surface area contributed by atoms with Gasteiger partial charge in [-0.15, -0.1) is 0 Å². The third kappa shape index (κ3) is 3.19. The number of nitrogens with two attached hydrogens (primary N) is 1. The van der Waals surface area contributed by atoms with Gasteiger partial charge in [0.25, 0.3) is 0 Å². The summed E-state index contributed by atoms with van der Waals surface area (Å²) in [5.41, 5.74) is 10.8. The van der Waals surface area contributed by atoms with Gasteiger partial charge >= 0.3 is 0 Å². The predicted molar refractivity (Wildman–Crippen MR) is 94.7 cm³/mol. The normalized spacial score (nSPS) is 11.1. The van der Waals surface area contributed by atoms with Crippen LogP contribution in [0.5, 0.6) is 0 Å². The van der Waals surface area contributed by atoms with Crippen molar-refractivity contribution in [1.29, 1.82) is 0 Å². The van der Waals surface area contributed by atoms with Gasteiger partial charge in [0, 0.05) is 29.9 Å². The van der Waals surface area contributed by atoms with Crippen LogP contribution in [0.25, 0.3) is 16.9 Å². The summed E-state index contributed by atoms with van der Waals surface area (Å²) >= 11 is 0. The van der Waals surface area contributed by atoms with Crippen LogP contribution in [0.2, 0.25) is 0 Å². The second-order valence-electron chi connectivity index (χ2n) is 5.67. The average Bonchev–Trinajstić information content (AvgIpc) is 2.99. The lowest BCUT2D eigenvalue weighted by molar-refractivity contribution is 0.848. The number of anilines is 1. The number of hydrogen-bond acceptors (Lipinski definition) is 4. The second kappa shape index (κ2) is 6.79. The van der Waals surface area contributed by atoms with Gasteiger partial charge in [0.05, 0.1) is 5.69 Å². The summed E-state index contributed by atoms with van der Waals surface area (Å²) in [4.78, 5) is 4.69. The van der Waals surface area contributed by atoms with Crippen LogP contribution in [-0.2, 0) is 6.42 Å². The van der Waals surface area contributed by atoms with E-state index in [1.165, 1.54) is 5.56 Å². The molecule has 0 fully saturated rings. The van der Waals surface area contributed by atoms with Crippen molar-refractivity contribution >= 4 is 11.5 Å². The van der Waals surface area contributed by atoms with Gasteiger partial charge in [-0.3, -0.25) is 0 Å². The maximum atomic E-state index is 5.58. The third-order valence-corrected chi connectivity index (χ3v) is 3.95. The molecule has 0 atom stereocenters. The van der Waals surface area contributed by atoms with Gasteiger partial charge in [-0.25, -0.2) is 4.98 Å². The second-order valence-corrected chi connectivity index (χ2v) is 5.67. The van der Waals surface area contributed by atoms with Gasteiger partial charge in [-0.05, 0) is 31.9 Å². The molecule has 3 aromatic rings. The Morgan fingerprint density at radius 2 is 2.04 bits per heavy atom. The summed E-state index contributed by atoms with van der Waals surface area (Å²) in [7, 11) is 0. The number of hydrogen-bond donors (Lipinski definition) is 2. The lowest BCUT2D eigenvalue weighted by Gasteiger charge is -2.09. The minimum Gasteiger partial charge on any atom is -0.370 e. The lowest BCUT2D eigenvalue weighted by atomic mass is 10.1. The predicted octanol–water partition coefficient (Wildman–Crippen LogP) is 3.03. The summed E-state index contributed by atoms with van der Waals surface area (Å²) in [5.74, 6) is 0.972. The van der Waals surface area contributed by atoms with Crippen LogP contribution in [-0.4, -0.2) is 27.7 Å². The molecule has 0 spiro atoms. The van der Waals surface area contributed by atoms with Crippen LogP contribution in [0.15, 0.2) is 36.4 Å². The number of aryl methyl sites for hydroxylation is 2. The molecule has 0 saturated carbocycles. The fourth-order valence-corrected chi connectivity index (χ4v) is 2.64. The van der Waals surface area contributed by atoms with E-state index in [1.54, 1.807) is 0 Å². The Morgan fingerprint density at radius 3 is 2.78 bits per heavy atom. The molecule has 0 saturated heterocycles. The van der Waals surface area contributed by atoms with Crippen LogP contribution >= 0.6 is 0 Å². The highest BCUT2D eigenvalue weighted by Gasteiger charge is 2.11. The summed E-state index contributed by atoms with van der Waals surface area (Å²) in [6.45, 7) is 5.72. The Hall–Kier alpha value is -2.40. The Balaban J connectivity index is 2.07. The van der Waals surface area contributed by atoms with Crippen molar-refractivity contribution in [2.45, 2.75) is 26.7 Å².